The summed E-state index contributed by atoms with van der Waals surface area (Å²) in [6.07, 6.45) is 2.79. The summed E-state index contributed by atoms with van der Waals surface area (Å²) in [5.74, 6) is 0.282. The van der Waals surface area contributed by atoms with E-state index in [0.717, 1.165) is 25.9 Å². The Balaban J connectivity index is 2.07. The van der Waals surface area contributed by atoms with E-state index in [-0.39, 0.29) is 18.0 Å². The van der Waals surface area contributed by atoms with Gasteiger partial charge >= 0.3 is 0 Å². The number of carbonyl (C=O) groups excluding carboxylic acids is 1. The normalized spacial score (nSPS) is 20.1. The number of nitrogens with zero attached hydrogens (tertiary/aromatic N) is 1. The zero-order chi connectivity index (χ0) is 14.5. The summed E-state index contributed by atoms with van der Waals surface area (Å²) in [4.78, 5) is 14.6. The third-order valence-electron chi connectivity index (χ3n) is 4.15. The topological polar surface area (TPSA) is 32.3 Å². The number of carbonyl (C=O) groups is 1. The lowest BCUT2D eigenvalue weighted by Gasteiger charge is -2.27. The highest BCUT2D eigenvalue weighted by Gasteiger charge is 2.30. The molecule has 0 radical (unpaired) electrons. The van der Waals surface area contributed by atoms with Gasteiger partial charge in [0.1, 0.15) is 0 Å². The van der Waals surface area contributed by atoms with Gasteiger partial charge in [-0.3, -0.25) is 4.79 Å². The molecule has 1 amide bonds. The Labute approximate surface area is 122 Å². The smallest absolute Gasteiger partial charge is 0.224 e. The van der Waals surface area contributed by atoms with Gasteiger partial charge in [0.15, 0.2) is 0 Å². The summed E-state index contributed by atoms with van der Waals surface area (Å²) in [5, 5.41) is 3.32. The second-order valence-electron chi connectivity index (χ2n) is 5.76. The van der Waals surface area contributed by atoms with Crippen LogP contribution >= 0.6 is 0 Å². The van der Waals surface area contributed by atoms with E-state index in [0.29, 0.717) is 6.42 Å². The predicted octanol–water partition coefficient (Wildman–Crippen LogP) is 3.05. The molecule has 1 aromatic rings. The predicted molar refractivity (Wildman–Crippen MR) is 82.6 cm³/mol. The standard InChI is InChI=1S/C17H26N2O/c1-4-18-14(3)12-17(20)19-11-7-10-16(19)15-9-6-5-8-13(15)2/h5-6,8-9,14,16,18H,4,7,10-12H2,1-3H3. The van der Waals surface area contributed by atoms with E-state index < -0.39 is 0 Å². The first-order chi connectivity index (χ1) is 9.63. The molecule has 3 heteroatoms. The van der Waals surface area contributed by atoms with Crippen molar-refractivity contribution in [1.29, 1.82) is 0 Å². The summed E-state index contributed by atoms with van der Waals surface area (Å²) in [7, 11) is 0. The number of amides is 1. The number of rotatable bonds is 5. The van der Waals surface area contributed by atoms with Crippen LogP contribution in [0.15, 0.2) is 24.3 Å². The van der Waals surface area contributed by atoms with E-state index >= 15 is 0 Å². The Hall–Kier alpha value is -1.35. The minimum absolute atomic E-state index is 0.255. The number of likely N-dealkylation sites (tertiary alicyclic amines) is 1. The van der Waals surface area contributed by atoms with Gasteiger partial charge in [-0.2, -0.15) is 0 Å². The molecule has 3 nitrogen and oxygen atoms in total. The minimum atomic E-state index is 0.255. The van der Waals surface area contributed by atoms with Gasteiger partial charge in [0.25, 0.3) is 0 Å². The Kier molecular flexibility index (Phi) is 5.18. The zero-order valence-electron chi connectivity index (χ0n) is 12.9. The first-order valence-corrected chi connectivity index (χ1v) is 7.71. The first kappa shape index (κ1) is 15.0. The van der Waals surface area contributed by atoms with E-state index in [1.54, 1.807) is 0 Å². The zero-order valence-corrected chi connectivity index (χ0v) is 12.9. The lowest BCUT2D eigenvalue weighted by Crippen LogP contribution is -2.36. The van der Waals surface area contributed by atoms with Crippen LogP contribution in [0.2, 0.25) is 0 Å². The Morgan fingerprint density at radius 1 is 1.45 bits per heavy atom. The average Bonchev–Trinajstić information content (AvgIpc) is 2.88. The number of hydrogen-bond donors (Lipinski definition) is 1. The molecule has 110 valence electrons. The van der Waals surface area contributed by atoms with Crippen LogP contribution in [0.25, 0.3) is 0 Å². The summed E-state index contributed by atoms with van der Waals surface area (Å²) in [6.45, 7) is 8.11. The summed E-state index contributed by atoms with van der Waals surface area (Å²) >= 11 is 0. The number of nitrogens with one attached hydrogen (secondary N) is 1. The van der Waals surface area contributed by atoms with Crippen LogP contribution in [-0.4, -0.2) is 29.9 Å². The molecule has 0 saturated carbocycles. The highest BCUT2D eigenvalue weighted by atomic mass is 16.2. The van der Waals surface area contributed by atoms with Crippen molar-refractivity contribution in [2.45, 2.75) is 52.1 Å². The SMILES string of the molecule is CCNC(C)CC(=O)N1CCCC1c1ccccc1C. The Morgan fingerprint density at radius 2 is 2.20 bits per heavy atom. The molecule has 20 heavy (non-hydrogen) atoms. The monoisotopic (exact) mass is 274 g/mol. The van der Waals surface area contributed by atoms with E-state index in [1.165, 1.54) is 11.1 Å². The third-order valence-corrected chi connectivity index (χ3v) is 4.15. The molecular formula is C17H26N2O. The fourth-order valence-corrected chi connectivity index (χ4v) is 3.15. The fourth-order valence-electron chi connectivity index (χ4n) is 3.15. The van der Waals surface area contributed by atoms with Crippen molar-refractivity contribution < 1.29 is 4.79 Å². The van der Waals surface area contributed by atoms with Crippen LogP contribution in [0, 0.1) is 6.92 Å². The van der Waals surface area contributed by atoms with Gasteiger partial charge in [0, 0.05) is 19.0 Å². The summed E-state index contributed by atoms with van der Waals surface area (Å²) in [6, 6.07) is 8.97. The van der Waals surface area contributed by atoms with Gasteiger partial charge in [0.2, 0.25) is 5.91 Å². The molecule has 0 aliphatic carbocycles. The van der Waals surface area contributed by atoms with Gasteiger partial charge in [-0.1, -0.05) is 31.2 Å². The number of benzene rings is 1. The van der Waals surface area contributed by atoms with Crippen LogP contribution in [0.1, 0.15) is 50.3 Å². The molecule has 1 aromatic carbocycles. The highest BCUT2D eigenvalue weighted by molar-refractivity contribution is 5.77. The molecule has 0 spiro atoms. The van der Waals surface area contributed by atoms with Crippen molar-refractivity contribution in [2.24, 2.45) is 0 Å². The van der Waals surface area contributed by atoms with Gasteiger partial charge in [0.05, 0.1) is 6.04 Å². The second kappa shape index (κ2) is 6.89. The molecule has 1 aliphatic heterocycles. The molecule has 2 unspecified atom stereocenters. The molecule has 1 aliphatic rings. The molecule has 1 fully saturated rings. The fraction of sp³-hybridized carbons (Fsp3) is 0.588. The van der Waals surface area contributed by atoms with Crippen molar-refractivity contribution in [3.63, 3.8) is 0 Å². The highest BCUT2D eigenvalue weighted by Crippen LogP contribution is 2.34. The third kappa shape index (κ3) is 3.40. The summed E-state index contributed by atoms with van der Waals surface area (Å²) < 4.78 is 0. The number of hydrogen-bond acceptors (Lipinski definition) is 2. The summed E-state index contributed by atoms with van der Waals surface area (Å²) in [5.41, 5.74) is 2.60. The van der Waals surface area contributed by atoms with E-state index in [1.807, 2.05) is 0 Å². The van der Waals surface area contributed by atoms with Gasteiger partial charge in [-0.05, 0) is 44.4 Å². The van der Waals surface area contributed by atoms with Crippen LogP contribution in [0.3, 0.4) is 0 Å². The molecular weight excluding hydrogens is 248 g/mol. The average molecular weight is 274 g/mol. The maximum Gasteiger partial charge on any atom is 0.224 e. The van der Waals surface area contributed by atoms with E-state index in [9.17, 15) is 4.79 Å². The largest absolute Gasteiger partial charge is 0.336 e. The van der Waals surface area contributed by atoms with Gasteiger partial charge < -0.3 is 10.2 Å². The van der Waals surface area contributed by atoms with Crippen LogP contribution < -0.4 is 5.32 Å². The van der Waals surface area contributed by atoms with Crippen molar-refractivity contribution in [3.05, 3.63) is 35.4 Å². The Morgan fingerprint density at radius 3 is 2.90 bits per heavy atom. The molecule has 0 bridgehead atoms. The molecule has 2 atom stereocenters. The van der Waals surface area contributed by atoms with Crippen LogP contribution in [0.5, 0.6) is 0 Å². The first-order valence-electron chi connectivity index (χ1n) is 7.71. The molecule has 2 rings (SSSR count). The van der Waals surface area contributed by atoms with Crippen molar-refractivity contribution in [3.8, 4) is 0 Å². The molecule has 0 aromatic heterocycles. The van der Waals surface area contributed by atoms with E-state index in [2.05, 4.69) is 55.3 Å². The minimum Gasteiger partial charge on any atom is -0.336 e. The van der Waals surface area contributed by atoms with Gasteiger partial charge in [-0.25, -0.2) is 0 Å². The quantitative estimate of drug-likeness (QED) is 0.895. The van der Waals surface area contributed by atoms with Crippen molar-refractivity contribution in [2.75, 3.05) is 13.1 Å². The van der Waals surface area contributed by atoms with Gasteiger partial charge in [-0.15, -0.1) is 0 Å². The molecule has 1 saturated heterocycles. The van der Waals surface area contributed by atoms with Crippen molar-refractivity contribution >= 4 is 5.91 Å². The van der Waals surface area contributed by atoms with E-state index in [4.69, 9.17) is 0 Å². The lowest BCUT2D eigenvalue weighted by molar-refractivity contribution is -0.132. The van der Waals surface area contributed by atoms with Crippen LogP contribution in [0.4, 0.5) is 0 Å². The maximum atomic E-state index is 12.5. The Bertz CT molecular complexity index is 458. The number of aryl methyl sites for hydroxylation is 1. The molecule has 1 heterocycles. The molecule has 1 N–H and O–H groups in total. The maximum absolute atomic E-state index is 12.5. The van der Waals surface area contributed by atoms with Crippen molar-refractivity contribution in [1.82, 2.24) is 10.2 Å². The second-order valence-corrected chi connectivity index (χ2v) is 5.76. The lowest BCUT2D eigenvalue weighted by atomic mass is 9.99. The van der Waals surface area contributed by atoms with Crippen LogP contribution in [-0.2, 0) is 4.79 Å².